The number of carbonyl (C=O) groups is 1. The second-order valence-corrected chi connectivity index (χ2v) is 9.27. The van der Waals surface area contributed by atoms with Crippen molar-refractivity contribution in [2.75, 3.05) is 32.7 Å². The first kappa shape index (κ1) is 23.2. The quantitative estimate of drug-likeness (QED) is 0.352. The van der Waals surface area contributed by atoms with E-state index in [-0.39, 0.29) is 11.8 Å². The molecule has 0 N–H and O–H groups in total. The van der Waals surface area contributed by atoms with Crippen molar-refractivity contribution in [3.8, 4) is 11.5 Å². The molecule has 4 aromatic rings. The number of amides is 1. The highest BCUT2D eigenvalue weighted by molar-refractivity contribution is 5.86. The summed E-state index contributed by atoms with van der Waals surface area (Å²) in [7, 11) is 2.07. The van der Waals surface area contributed by atoms with Crippen molar-refractivity contribution < 1.29 is 9.53 Å². The molecule has 5 rings (SSSR count). The van der Waals surface area contributed by atoms with E-state index in [2.05, 4.69) is 66.0 Å². The van der Waals surface area contributed by atoms with Crippen LogP contribution in [-0.2, 0) is 11.8 Å². The van der Waals surface area contributed by atoms with Gasteiger partial charge in [-0.3, -0.25) is 4.79 Å². The molecule has 1 aromatic heterocycles. The number of aryl methyl sites for hydroxylation is 1. The molecule has 0 aliphatic carbocycles. The van der Waals surface area contributed by atoms with Gasteiger partial charge in [-0.05, 0) is 48.0 Å². The van der Waals surface area contributed by atoms with E-state index in [1.807, 2.05) is 47.4 Å². The Labute approximate surface area is 207 Å². The minimum absolute atomic E-state index is 0.0582. The summed E-state index contributed by atoms with van der Waals surface area (Å²) in [5, 5.41) is 1.19. The summed E-state index contributed by atoms with van der Waals surface area (Å²) in [6.07, 6.45) is 2.62. The summed E-state index contributed by atoms with van der Waals surface area (Å²) < 4.78 is 8.30. The van der Waals surface area contributed by atoms with Crippen LogP contribution in [0.2, 0.25) is 0 Å². The fourth-order valence-corrected chi connectivity index (χ4v) is 5.09. The lowest BCUT2D eigenvalue weighted by atomic mass is 9.87. The topological polar surface area (TPSA) is 37.7 Å². The monoisotopic (exact) mass is 467 g/mol. The van der Waals surface area contributed by atoms with Crippen molar-refractivity contribution in [1.29, 1.82) is 0 Å². The molecule has 3 aromatic carbocycles. The molecule has 1 atom stereocenters. The number of carbonyl (C=O) groups excluding carboxylic acids is 1. The number of rotatable bonds is 7. The van der Waals surface area contributed by atoms with Crippen molar-refractivity contribution in [2.45, 2.75) is 19.3 Å². The van der Waals surface area contributed by atoms with Crippen LogP contribution < -0.4 is 4.74 Å². The fraction of sp³-hybridized carbons (Fsp3) is 0.300. The molecule has 1 amide bonds. The van der Waals surface area contributed by atoms with Crippen LogP contribution in [0.15, 0.2) is 85.1 Å². The van der Waals surface area contributed by atoms with Crippen LogP contribution in [0.5, 0.6) is 11.5 Å². The number of ether oxygens (including phenoxy) is 1. The average molecular weight is 468 g/mol. The first-order valence-corrected chi connectivity index (χ1v) is 12.5. The Balaban J connectivity index is 1.48. The third-order valence-corrected chi connectivity index (χ3v) is 7.09. The Hall–Kier alpha value is -3.57. The Morgan fingerprint density at radius 3 is 2.37 bits per heavy atom. The molecule has 0 spiro atoms. The summed E-state index contributed by atoms with van der Waals surface area (Å²) >= 11 is 0. The summed E-state index contributed by atoms with van der Waals surface area (Å²) in [5.41, 5.74) is 3.45. The lowest BCUT2D eigenvalue weighted by Crippen LogP contribution is -2.48. The molecule has 0 radical (unpaired) electrons. The van der Waals surface area contributed by atoms with E-state index in [1.165, 1.54) is 16.5 Å². The second kappa shape index (κ2) is 10.4. The van der Waals surface area contributed by atoms with Gasteiger partial charge in [-0.15, -0.1) is 0 Å². The zero-order valence-electron chi connectivity index (χ0n) is 20.6. The number of para-hydroxylation sites is 2. The molecule has 5 heteroatoms. The fourth-order valence-electron chi connectivity index (χ4n) is 5.09. The second-order valence-electron chi connectivity index (χ2n) is 9.27. The molecule has 1 fully saturated rings. The van der Waals surface area contributed by atoms with Gasteiger partial charge in [0.25, 0.3) is 0 Å². The lowest BCUT2D eigenvalue weighted by Gasteiger charge is -2.35. The predicted molar refractivity (Wildman–Crippen MR) is 141 cm³/mol. The first-order chi connectivity index (χ1) is 17.1. The molecule has 1 saturated heterocycles. The van der Waals surface area contributed by atoms with Gasteiger partial charge in [-0.1, -0.05) is 55.5 Å². The van der Waals surface area contributed by atoms with Crippen LogP contribution in [0.4, 0.5) is 0 Å². The van der Waals surface area contributed by atoms with Crippen LogP contribution in [0.3, 0.4) is 0 Å². The van der Waals surface area contributed by atoms with E-state index in [1.54, 1.807) is 0 Å². The van der Waals surface area contributed by atoms with E-state index in [4.69, 9.17) is 4.74 Å². The molecular weight excluding hydrogens is 434 g/mol. The van der Waals surface area contributed by atoms with Gasteiger partial charge in [0.2, 0.25) is 5.91 Å². The van der Waals surface area contributed by atoms with E-state index < -0.39 is 0 Å². The number of hydrogen-bond donors (Lipinski definition) is 0. The highest BCUT2D eigenvalue weighted by Crippen LogP contribution is 2.36. The first-order valence-electron chi connectivity index (χ1n) is 12.5. The highest BCUT2D eigenvalue weighted by Gasteiger charge is 2.27. The van der Waals surface area contributed by atoms with Gasteiger partial charge >= 0.3 is 0 Å². The molecule has 1 unspecified atom stereocenters. The van der Waals surface area contributed by atoms with Gasteiger partial charge < -0.3 is 19.1 Å². The van der Waals surface area contributed by atoms with E-state index in [0.29, 0.717) is 6.42 Å². The number of likely N-dealkylation sites (N-methyl/N-ethyl adjacent to an activating group) is 1. The highest BCUT2D eigenvalue weighted by atomic mass is 16.5. The molecule has 180 valence electrons. The van der Waals surface area contributed by atoms with Crippen molar-refractivity contribution in [1.82, 2.24) is 14.4 Å². The zero-order chi connectivity index (χ0) is 24.2. The summed E-state index contributed by atoms with van der Waals surface area (Å²) in [4.78, 5) is 18.0. The molecule has 0 bridgehead atoms. The van der Waals surface area contributed by atoms with Crippen molar-refractivity contribution in [3.05, 3.63) is 96.2 Å². The predicted octanol–water partition coefficient (Wildman–Crippen LogP) is 5.66. The molecule has 35 heavy (non-hydrogen) atoms. The van der Waals surface area contributed by atoms with Crippen LogP contribution in [-0.4, -0.2) is 53.0 Å². The van der Waals surface area contributed by atoms with Gasteiger partial charge in [0, 0.05) is 62.7 Å². The normalized spacial score (nSPS) is 15.3. The van der Waals surface area contributed by atoms with E-state index in [0.717, 1.165) is 49.8 Å². The van der Waals surface area contributed by atoms with Gasteiger partial charge in [0.1, 0.15) is 11.5 Å². The number of nitrogens with zero attached hydrogens (tertiary/aromatic N) is 3. The minimum atomic E-state index is -0.0582. The van der Waals surface area contributed by atoms with E-state index >= 15 is 0 Å². The van der Waals surface area contributed by atoms with Crippen LogP contribution in [0.1, 0.15) is 30.4 Å². The van der Waals surface area contributed by atoms with Crippen molar-refractivity contribution in [2.24, 2.45) is 7.05 Å². The summed E-state index contributed by atoms with van der Waals surface area (Å²) in [6.45, 7) is 6.70. The molecule has 1 aliphatic heterocycles. The molecule has 2 heterocycles. The lowest BCUT2D eigenvalue weighted by molar-refractivity contribution is -0.133. The van der Waals surface area contributed by atoms with Crippen LogP contribution in [0.25, 0.3) is 10.9 Å². The van der Waals surface area contributed by atoms with Gasteiger partial charge in [0.05, 0.1) is 0 Å². The number of fused-ring (bicyclic) bond motifs is 1. The van der Waals surface area contributed by atoms with Crippen molar-refractivity contribution in [3.63, 3.8) is 0 Å². The number of piperazine rings is 1. The summed E-state index contributed by atoms with van der Waals surface area (Å²) in [6, 6.07) is 26.5. The average Bonchev–Trinajstić information content (AvgIpc) is 3.24. The maximum Gasteiger partial charge on any atom is 0.223 e. The standard InChI is InChI=1S/C30H33N3O2/c1-3-32-16-18-33(19-17-32)30(34)21-27(28-22-31(2)29-15-8-7-14-26(28)29)23-10-9-13-25(20-23)35-24-11-5-4-6-12-24/h4-15,20,22,27H,3,16-19,21H2,1-2H3. The third kappa shape index (κ3) is 5.10. The SMILES string of the molecule is CCN1CCN(C(=O)CC(c2cccc(Oc3ccccc3)c2)c2cn(C)c3ccccc23)CC1. The van der Waals surface area contributed by atoms with E-state index in [9.17, 15) is 4.79 Å². The molecular formula is C30H33N3O2. The third-order valence-electron chi connectivity index (χ3n) is 7.09. The van der Waals surface area contributed by atoms with Crippen molar-refractivity contribution >= 4 is 16.8 Å². The molecule has 0 saturated carbocycles. The zero-order valence-corrected chi connectivity index (χ0v) is 20.6. The van der Waals surface area contributed by atoms with Crippen LogP contribution in [0, 0.1) is 0 Å². The smallest absolute Gasteiger partial charge is 0.223 e. The van der Waals surface area contributed by atoms with Crippen LogP contribution >= 0.6 is 0 Å². The maximum absolute atomic E-state index is 13.5. The Morgan fingerprint density at radius 1 is 0.886 bits per heavy atom. The Morgan fingerprint density at radius 2 is 1.60 bits per heavy atom. The minimum Gasteiger partial charge on any atom is -0.457 e. The maximum atomic E-state index is 13.5. The Bertz CT molecular complexity index is 1290. The summed E-state index contributed by atoms with van der Waals surface area (Å²) in [5.74, 6) is 1.74. The number of aromatic nitrogens is 1. The molecule has 5 nitrogen and oxygen atoms in total. The van der Waals surface area contributed by atoms with Gasteiger partial charge in [0.15, 0.2) is 0 Å². The van der Waals surface area contributed by atoms with Gasteiger partial charge in [-0.2, -0.15) is 0 Å². The Kier molecular flexibility index (Phi) is 6.87. The van der Waals surface area contributed by atoms with Gasteiger partial charge in [-0.25, -0.2) is 0 Å². The molecule has 1 aliphatic rings. The largest absolute Gasteiger partial charge is 0.457 e. The number of benzene rings is 3. The number of hydrogen-bond acceptors (Lipinski definition) is 3.